The number of hydrogen-bond donors (Lipinski definition) is 1. The molecule has 1 aromatic rings. The van der Waals surface area contributed by atoms with Crippen LogP contribution in [-0.2, 0) is 11.3 Å². The summed E-state index contributed by atoms with van der Waals surface area (Å²) in [7, 11) is 0. The number of ether oxygens (including phenoxy) is 1. The number of carbonyl (C=O) groups excluding carboxylic acids is 1. The maximum absolute atomic E-state index is 11.9. The summed E-state index contributed by atoms with van der Waals surface area (Å²) in [5, 5.41) is 2.51. The topological polar surface area (TPSA) is 38.3 Å². The molecule has 0 aromatic heterocycles. The molecule has 0 heterocycles. The molecule has 0 aliphatic heterocycles. The molecule has 0 bridgehead atoms. The van der Waals surface area contributed by atoms with Gasteiger partial charge >= 0.3 is 64.5 Å². The van der Waals surface area contributed by atoms with Crippen LogP contribution < -0.4 is 56.7 Å². The molecule has 3 nitrogen and oxygen atoms in total. The first-order valence-electron chi connectivity index (χ1n) is 6.63. The second-order valence-corrected chi connectivity index (χ2v) is 4.55. The minimum atomic E-state index is -4.68. The van der Waals surface area contributed by atoms with Gasteiger partial charge in [-0.2, -0.15) is 0 Å². The number of halogens is 3. The van der Waals surface area contributed by atoms with Gasteiger partial charge in [-0.15, -0.1) is 0 Å². The molecule has 1 rings (SSSR count). The van der Waals surface area contributed by atoms with Crippen molar-refractivity contribution in [3.05, 3.63) is 35.9 Å². The first-order chi connectivity index (χ1) is 9.47. The van der Waals surface area contributed by atoms with Gasteiger partial charge in [0.1, 0.15) is 6.61 Å². The van der Waals surface area contributed by atoms with Crippen LogP contribution >= 0.6 is 0 Å². The second kappa shape index (κ2) is 11.5. The molecule has 0 unspecified atom stereocenters. The van der Waals surface area contributed by atoms with Gasteiger partial charge in [0.05, 0.1) is 0 Å². The van der Waals surface area contributed by atoms with Crippen LogP contribution in [0, 0.1) is 0 Å². The van der Waals surface area contributed by atoms with Crippen LogP contribution in [0.1, 0.15) is 24.8 Å². The molecule has 8 heteroatoms. The Morgan fingerprint density at radius 2 is 1.76 bits per heavy atom. The van der Waals surface area contributed by atoms with E-state index in [2.05, 4.69) is 5.32 Å². The summed E-state index contributed by atoms with van der Waals surface area (Å²) < 4.78 is 40.7. The number of nitrogens with one attached hydrogen (secondary N) is 1. The van der Waals surface area contributed by atoms with Gasteiger partial charge < -0.3 is 23.0 Å². The predicted octanol–water partition coefficient (Wildman–Crippen LogP) is 0.934. The van der Waals surface area contributed by atoms with Gasteiger partial charge in [0.2, 0.25) is 0 Å². The standard InChI is InChI=1S/C13H18BF3NO2.K/c15-14(16,17)9-5-2-6-10-18-13(19)20-11-12-7-3-1-4-8-12;/h1,3-4,7-8H,2,5-6,9-11H2,(H,18,19);/q-1;+1. The number of benzene rings is 1. The number of rotatable bonds is 8. The molecule has 0 aliphatic rings. The minimum Gasteiger partial charge on any atom is -0.449 e. The number of amides is 1. The minimum absolute atomic E-state index is 0. The monoisotopic (exact) mass is 327 g/mol. The van der Waals surface area contributed by atoms with Gasteiger partial charge in [0, 0.05) is 6.54 Å². The van der Waals surface area contributed by atoms with Crippen molar-refractivity contribution in [2.75, 3.05) is 6.54 Å². The van der Waals surface area contributed by atoms with E-state index in [0.717, 1.165) is 5.56 Å². The van der Waals surface area contributed by atoms with E-state index in [9.17, 15) is 17.7 Å². The SMILES string of the molecule is O=C(NCCCCC[B-](F)(F)F)OCc1ccccc1.[K+]. The molecular formula is C13H18BF3KNO2. The first kappa shape index (κ1) is 21.0. The zero-order valence-corrected chi connectivity index (χ0v) is 15.3. The molecule has 1 aromatic carbocycles. The Bertz CT molecular complexity index is 404. The zero-order valence-electron chi connectivity index (χ0n) is 12.2. The first-order valence-corrected chi connectivity index (χ1v) is 6.63. The van der Waals surface area contributed by atoms with Crippen LogP contribution in [0.3, 0.4) is 0 Å². The van der Waals surface area contributed by atoms with E-state index in [1.165, 1.54) is 0 Å². The fourth-order valence-corrected chi connectivity index (χ4v) is 1.64. The van der Waals surface area contributed by atoms with Crippen molar-refractivity contribution in [1.29, 1.82) is 0 Å². The van der Waals surface area contributed by atoms with Crippen molar-refractivity contribution in [3.63, 3.8) is 0 Å². The van der Waals surface area contributed by atoms with Crippen LogP contribution in [0.5, 0.6) is 0 Å². The van der Waals surface area contributed by atoms with Crippen molar-refractivity contribution in [2.45, 2.75) is 32.2 Å². The third kappa shape index (κ3) is 12.2. The molecule has 0 radical (unpaired) electrons. The molecule has 0 spiro atoms. The van der Waals surface area contributed by atoms with Gasteiger partial charge in [-0.1, -0.05) is 49.5 Å². The number of carbonyl (C=O) groups is 1. The Labute approximate surface area is 165 Å². The van der Waals surface area contributed by atoms with E-state index in [1.54, 1.807) is 0 Å². The summed E-state index contributed by atoms with van der Waals surface area (Å²) >= 11 is 0. The van der Waals surface area contributed by atoms with Crippen molar-refractivity contribution in [2.24, 2.45) is 0 Å². The normalized spacial score (nSPS) is 10.6. The summed E-state index contributed by atoms with van der Waals surface area (Å²) in [4.78, 5) is 11.3. The molecule has 0 fully saturated rings. The van der Waals surface area contributed by atoms with E-state index in [-0.39, 0.29) is 64.4 Å². The Hall–Kier alpha value is -0.0187. The fraction of sp³-hybridized carbons (Fsp3) is 0.462. The average molecular weight is 327 g/mol. The quantitative estimate of drug-likeness (QED) is 0.570. The van der Waals surface area contributed by atoms with Crippen molar-refractivity contribution in [1.82, 2.24) is 5.32 Å². The number of hydrogen-bond acceptors (Lipinski definition) is 2. The van der Waals surface area contributed by atoms with Gasteiger partial charge in [0.25, 0.3) is 0 Å². The van der Waals surface area contributed by atoms with E-state index in [0.29, 0.717) is 19.4 Å². The average Bonchev–Trinajstić information content (AvgIpc) is 2.40. The van der Waals surface area contributed by atoms with Crippen molar-refractivity contribution >= 4 is 13.1 Å². The molecule has 21 heavy (non-hydrogen) atoms. The summed E-state index contributed by atoms with van der Waals surface area (Å²) in [6.07, 6.45) is -0.177. The van der Waals surface area contributed by atoms with E-state index in [4.69, 9.17) is 4.74 Å². The maximum atomic E-state index is 11.9. The fourth-order valence-electron chi connectivity index (χ4n) is 1.64. The van der Waals surface area contributed by atoms with Gasteiger partial charge in [-0.25, -0.2) is 4.79 Å². The molecule has 0 aliphatic carbocycles. The third-order valence-electron chi connectivity index (χ3n) is 2.69. The Morgan fingerprint density at radius 1 is 1.10 bits per heavy atom. The number of unbranched alkanes of at least 4 members (excludes halogenated alkanes) is 2. The predicted molar refractivity (Wildman–Crippen MR) is 72.4 cm³/mol. The Morgan fingerprint density at radius 3 is 2.38 bits per heavy atom. The van der Waals surface area contributed by atoms with Gasteiger partial charge in [-0.05, 0) is 12.0 Å². The Kier molecular flexibility index (Phi) is 11.5. The molecule has 1 N–H and O–H groups in total. The Balaban J connectivity index is 0.00000400. The second-order valence-electron chi connectivity index (χ2n) is 4.55. The van der Waals surface area contributed by atoms with Crippen LogP contribution in [0.4, 0.5) is 17.7 Å². The zero-order chi connectivity index (χ0) is 14.8. The molecule has 0 atom stereocenters. The largest absolute Gasteiger partial charge is 1.00 e. The van der Waals surface area contributed by atoms with Crippen molar-refractivity contribution < 1.29 is 73.9 Å². The molecule has 112 valence electrons. The molecule has 0 saturated carbocycles. The van der Waals surface area contributed by atoms with Crippen LogP contribution in [0.25, 0.3) is 0 Å². The van der Waals surface area contributed by atoms with E-state index >= 15 is 0 Å². The van der Waals surface area contributed by atoms with Gasteiger partial charge in [0.15, 0.2) is 0 Å². The molecular weight excluding hydrogens is 309 g/mol. The van der Waals surface area contributed by atoms with Crippen LogP contribution in [-0.4, -0.2) is 19.6 Å². The van der Waals surface area contributed by atoms with Crippen LogP contribution in [0.15, 0.2) is 30.3 Å². The number of alkyl carbamates (subject to hydrolysis) is 1. The van der Waals surface area contributed by atoms with E-state index in [1.807, 2.05) is 30.3 Å². The molecule has 0 saturated heterocycles. The van der Waals surface area contributed by atoms with Gasteiger partial charge in [-0.3, -0.25) is 0 Å². The smallest absolute Gasteiger partial charge is 0.449 e. The maximum Gasteiger partial charge on any atom is 1.00 e. The van der Waals surface area contributed by atoms with E-state index < -0.39 is 19.4 Å². The summed E-state index contributed by atoms with van der Waals surface area (Å²) in [6, 6.07) is 9.24. The summed E-state index contributed by atoms with van der Waals surface area (Å²) in [5.41, 5.74) is 0.884. The summed E-state index contributed by atoms with van der Waals surface area (Å²) in [6.45, 7) is -4.17. The van der Waals surface area contributed by atoms with Crippen LogP contribution in [0.2, 0.25) is 6.32 Å². The van der Waals surface area contributed by atoms with Crippen molar-refractivity contribution in [3.8, 4) is 0 Å². The third-order valence-corrected chi connectivity index (χ3v) is 2.69. The molecule has 1 amide bonds. The summed E-state index contributed by atoms with van der Waals surface area (Å²) in [5.74, 6) is 0.